The lowest BCUT2D eigenvalue weighted by Crippen LogP contribution is -2.44. The van der Waals surface area contributed by atoms with Crippen molar-refractivity contribution >= 4 is 16.8 Å². The molecule has 0 saturated heterocycles. The van der Waals surface area contributed by atoms with Gasteiger partial charge in [-0.25, -0.2) is 9.07 Å². The van der Waals surface area contributed by atoms with Gasteiger partial charge in [-0.1, -0.05) is 50.2 Å². The van der Waals surface area contributed by atoms with Gasteiger partial charge < -0.3 is 10.4 Å². The lowest BCUT2D eigenvalue weighted by Gasteiger charge is -2.28. The fourth-order valence-electron chi connectivity index (χ4n) is 3.93. The van der Waals surface area contributed by atoms with Crippen LogP contribution in [0.3, 0.4) is 0 Å². The molecule has 0 fully saturated rings. The maximum Gasteiger partial charge on any atom is 0.222 e. The molecule has 1 amide bonds. The van der Waals surface area contributed by atoms with Crippen LogP contribution >= 0.6 is 0 Å². The van der Waals surface area contributed by atoms with Gasteiger partial charge in [0, 0.05) is 17.2 Å². The van der Waals surface area contributed by atoms with Crippen LogP contribution in [0.1, 0.15) is 30.9 Å². The SMILES string of the molecule is CC(C)C(=O)N[C@H](CO)[C@H](c1ccccc1)c1ccc2c(cnn2-c2ccc(F)cc2)c1. The highest BCUT2D eigenvalue weighted by molar-refractivity contribution is 5.82. The Balaban J connectivity index is 1.76. The number of aliphatic hydroxyl groups is 1. The van der Waals surface area contributed by atoms with Crippen molar-refractivity contribution in [1.29, 1.82) is 0 Å². The van der Waals surface area contributed by atoms with Gasteiger partial charge in [0.1, 0.15) is 5.82 Å². The van der Waals surface area contributed by atoms with Crippen LogP contribution in [-0.4, -0.2) is 33.4 Å². The minimum absolute atomic E-state index is 0.102. The second-order valence-corrected chi connectivity index (χ2v) is 8.19. The van der Waals surface area contributed by atoms with Crippen molar-refractivity contribution in [3.05, 3.63) is 95.9 Å². The van der Waals surface area contributed by atoms with Crippen LogP contribution in [0.15, 0.2) is 79.0 Å². The Morgan fingerprint density at radius 2 is 1.75 bits per heavy atom. The summed E-state index contributed by atoms with van der Waals surface area (Å²) in [6.07, 6.45) is 1.77. The molecule has 0 aliphatic carbocycles. The van der Waals surface area contributed by atoms with Crippen molar-refractivity contribution in [3.8, 4) is 5.69 Å². The number of carbonyl (C=O) groups excluding carboxylic acids is 1. The molecule has 5 nitrogen and oxygen atoms in total. The maximum absolute atomic E-state index is 13.3. The summed E-state index contributed by atoms with van der Waals surface area (Å²) >= 11 is 0. The number of hydrogen-bond donors (Lipinski definition) is 2. The summed E-state index contributed by atoms with van der Waals surface area (Å²) < 4.78 is 15.1. The van der Waals surface area contributed by atoms with Crippen LogP contribution in [0.25, 0.3) is 16.6 Å². The van der Waals surface area contributed by atoms with Crippen LogP contribution in [-0.2, 0) is 4.79 Å². The van der Waals surface area contributed by atoms with E-state index in [9.17, 15) is 14.3 Å². The summed E-state index contributed by atoms with van der Waals surface area (Å²) in [5.74, 6) is -0.814. The molecule has 32 heavy (non-hydrogen) atoms. The molecule has 1 aromatic heterocycles. The number of halogens is 1. The summed E-state index contributed by atoms with van der Waals surface area (Å²) in [5.41, 5.74) is 3.62. The average Bonchev–Trinajstić information content (AvgIpc) is 3.23. The van der Waals surface area contributed by atoms with Gasteiger partial charge in [0.2, 0.25) is 5.91 Å². The van der Waals surface area contributed by atoms with Gasteiger partial charge in [0.15, 0.2) is 0 Å². The molecule has 1 heterocycles. The van der Waals surface area contributed by atoms with Crippen molar-refractivity contribution in [3.63, 3.8) is 0 Å². The Morgan fingerprint density at radius 3 is 2.41 bits per heavy atom. The van der Waals surface area contributed by atoms with Gasteiger partial charge in [0.05, 0.1) is 30.0 Å². The Kier molecular flexibility index (Phi) is 6.32. The van der Waals surface area contributed by atoms with E-state index in [4.69, 9.17) is 0 Å². The molecule has 4 aromatic rings. The number of fused-ring (bicyclic) bond motifs is 1. The fourth-order valence-corrected chi connectivity index (χ4v) is 3.93. The highest BCUT2D eigenvalue weighted by Crippen LogP contribution is 2.31. The van der Waals surface area contributed by atoms with Crippen molar-refractivity contribution in [1.82, 2.24) is 15.1 Å². The molecule has 4 rings (SSSR count). The number of aromatic nitrogens is 2. The minimum Gasteiger partial charge on any atom is -0.394 e. The quantitative estimate of drug-likeness (QED) is 0.455. The smallest absolute Gasteiger partial charge is 0.222 e. The summed E-state index contributed by atoms with van der Waals surface area (Å²) in [4.78, 5) is 12.4. The first-order chi connectivity index (χ1) is 15.5. The van der Waals surface area contributed by atoms with Crippen LogP contribution in [0.2, 0.25) is 0 Å². The number of nitrogens with zero attached hydrogens (tertiary/aromatic N) is 2. The van der Waals surface area contributed by atoms with Crippen molar-refractivity contribution < 1.29 is 14.3 Å². The largest absolute Gasteiger partial charge is 0.394 e. The second-order valence-electron chi connectivity index (χ2n) is 8.19. The Morgan fingerprint density at radius 1 is 1.03 bits per heavy atom. The van der Waals surface area contributed by atoms with Gasteiger partial charge in [-0.15, -0.1) is 0 Å². The van der Waals surface area contributed by atoms with E-state index in [0.717, 1.165) is 27.7 Å². The highest BCUT2D eigenvalue weighted by Gasteiger charge is 2.27. The zero-order valence-corrected chi connectivity index (χ0v) is 18.1. The normalized spacial score (nSPS) is 13.3. The van der Waals surface area contributed by atoms with E-state index < -0.39 is 6.04 Å². The maximum atomic E-state index is 13.3. The summed E-state index contributed by atoms with van der Waals surface area (Å²) in [7, 11) is 0. The molecule has 2 atom stereocenters. The number of aliphatic hydroxyl groups excluding tert-OH is 1. The van der Waals surface area contributed by atoms with Gasteiger partial charge in [-0.05, 0) is 47.5 Å². The molecular weight excluding hydrogens is 405 g/mol. The van der Waals surface area contributed by atoms with Gasteiger partial charge in [-0.2, -0.15) is 5.10 Å². The predicted octanol–water partition coefficient (Wildman–Crippen LogP) is 4.43. The van der Waals surface area contributed by atoms with Crippen LogP contribution in [0, 0.1) is 11.7 Å². The highest BCUT2D eigenvalue weighted by atomic mass is 19.1. The number of hydrogen-bond acceptors (Lipinski definition) is 3. The third-order valence-corrected chi connectivity index (χ3v) is 5.63. The Bertz CT molecular complexity index is 1200. The monoisotopic (exact) mass is 431 g/mol. The molecule has 2 N–H and O–H groups in total. The fraction of sp³-hybridized carbons (Fsp3) is 0.231. The van der Waals surface area contributed by atoms with E-state index in [0.29, 0.717) is 0 Å². The number of benzene rings is 3. The molecule has 164 valence electrons. The zero-order chi connectivity index (χ0) is 22.7. The number of nitrogens with one attached hydrogen (secondary N) is 1. The first kappa shape index (κ1) is 21.7. The van der Waals surface area contributed by atoms with E-state index in [1.807, 2.05) is 62.4 Å². The second kappa shape index (κ2) is 9.32. The number of carbonyl (C=O) groups is 1. The third kappa shape index (κ3) is 4.41. The molecule has 0 saturated carbocycles. The Labute approximate surface area is 186 Å². The van der Waals surface area contributed by atoms with Gasteiger partial charge in [0.25, 0.3) is 0 Å². The minimum atomic E-state index is -0.475. The van der Waals surface area contributed by atoms with Gasteiger partial charge >= 0.3 is 0 Å². The molecule has 0 radical (unpaired) electrons. The molecule has 0 aliphatic heterocycles. The predicted molar refractivity (Wildman–Crippen MR) is 123 cm³/mol. The van der Waals surface area contributed by atoms with E-state index in [1.165, 1.54) is 12.1 Å². The zero-order valence-electron chi connectivity index (χ0n) is 18.1. The Hall–Kier alpha value is -3.51. The topological polar surface area (TPSA) is 67.2 Å². The number of rotatable bonds is 7. The molecule has 0 bridgehead atoms. The van der Waals surface area contributed by atoms with E-state index in [1.54, 1.807) is 23.0 Å². The summed E-state index contributed by atoms with van der Waals surface area (Å²) in [5, 5.41) is 18.6. The van der Waals surface area contributed by atoms with Crippen LogP contribution in [0.4, 0.5) is 4.39 Å². The molecule has 0 aliphatic rings. The van der Waals surface area contributed by atoms with Gasteiger partial charge in [-0.3, -0.25) is 4.79 Å². The van der Waals surface area contributed by atoms with Crippen molar-refractivity contribution in [2.75, 3.05) is 6.61 Å². The molecular formula is C26H26FN3O2. The van der Waals surface area contributed by atoms with E-state index in [2.05, 4.69) is 10.4 Å². The first-order valence-corrected chi connectivity index (χ1v) is 10.7. The lowest BCUT2D eigenvalue weighted by atomic mass is 9.84. The molecule has 3 aromatic carbocycles. The molecule has 6 heteroatoms. The standard InChI is InChI=1S/C26H26FN3O2/c1-17(2)26(32)29-23(16-31)25(18-6-4-3-5-7-18)19-8-13-24-20(14-19)15-28-30(24)22-11-9-21(27)10-12-22/h3-15,17,23,25,31H,16H2,1-2H3,(H,29,32)/t23-,25-/m1/s1. The van der Waals surface area contributed by atoms with Crippen molar-refractivity contribution in [2.24, 2.45) is 5.92 Å². The lowest BCUT2D eigenvalue weighted by molar-refractivity contribution is -0.125. The van der Waals surface area contributed by atoms with E-state index in [-0.39, 0.29) is 30.2 Å². The van der Waals surface area contributed by atoms with Crippen molar-refractivity contribution in [2.45, 2.75) is 25.8 Å². The molecule has 0 unspecified atom stereocenters. The number of amides is 1. The summed E-state index contributed by atoms with van der Waals surface area (Å²) in [6, 6.07) is 21.6. The molecule has 0 spiro atoms. The average molecular weight is 432 g/mol. The van der Waals surface area contributed by atoms with Crippen LogP contribution < -0.4 is 5.32 Å². The van der Waals surface area contributed by atoms with Crippen LogP contribution in [0.5, 0.6) is 0 Å². The summed E-state index contributed by atoms with van der Waals surface area (Å²) in [6.45, 7) is 3.47. The first-order valence-electron chi connectivity index (χ1n) is 10.7. The van der Waals surface area contributed by atoms with E-state index >= 15 is 0 Å². The third-order valence-electron chi connectivity index (χ3n) is 5.63.